The van der Waals surface area contributed by atoms with Crippen LogP contribution < -0.4 is 10.6 Å². The van der Waals surface area contributed by atoms with Gasteiger partial charge in [0.05, 0.1) is 5.92 Å². The summed E-state index contributed by atoms with van der Waals surface area (Å²) >= 11 is 0. The van der Waals surface area contributed by atoms with Crippen LogP contribution in [0, 0.1) is 5.92 Å². The molecular weight excluding hydrogens is 270 g/mol. The molecule has 1 aliphatic heterocycles. The van der Waals surface area contributed by atoms with Crippen LogP contribution in [0.25, 0.3) is 0 Å². The third-order valence-corrected chi connectivity index (χ3v) is 4.49. The third kappa shape index (κ3) is 5.53. The van der Waals surface area contributed by atoms with Gasteiger partial charge in [-0.15, -0.1) is 0 Å². The molecule has 6 nitrogen and oxygen atoms in total. The van der Waals surface area contributed by atoms with Crippen molar-refractivity contribution in [2.45, 2.75) is 51.0 Å². The average molecular weight is 297 g/mol. The molecule has 2 rings (SSSR count). The zero-order chi connectivity index (χ0) is 15.1. The highest BCUT2D eigenvalue weighted by atomic mass is 16.4. The molecule has 0 aromatic carbocycles. The number of hydrogen-bond acceptors (Lipinski definition) is 3. The Morgan fingerprint density at radius 1 is 1.14 bits per heavy atom. The normalized spacial score (nSPS) is 26.5. The van der Waals surface area contributed by atoms with Gasteiger partial charge in [0, 0.05) is 12.6 Å². The van der Waals surface area contributed by atoms with Crippen LogP contribution in [0.15, 0.2) is 0 Å². The maximum Gasteiger partial charge on any atom is 0.315 e. The Kier molecular flexibility index (Phi) is 6.29. The van der Waals surface area contributed by atoms with Crippen molar-refractivity contribution < 1.29 is 14.7 Å². The first kappa shape index (κ1) is 16.1. The van der Waals surface area contributed by atoms with Crippen molar-refractivity contribution in [1.82, 2.24) is 15.5 Å². The molecule has 0 radical (unpaired) electrons. The Balaban J connectivity index is 1.57. The lowest BCUT2D eigenvalue weighted by Gasteiger charge is -2.27. The van der Waals surface area contributed by atoms with E-state index in [9.17, 15) is 9.59 Å². The van der Waals surface area contributed by atoms with Gasteiger partial charge in [0.25, 0.3) is 0 Å². The molecule has 6 heteroatoms. The van der Waals surface area contributed by atoms with Gasteiger partial charge in [-0.1, -0.05) is 6.42 Å². The first-order valence-corrected chi connectivity index (χ1v) is 8.14. The van der Waals surface area contributed by atoms with Gasteiger partial charge in [-0.25, -0.2) is 4.79 Å². The topological polar surface area (TPSA) is 81.7 Å². The van der Waals surface area contributed by atoms with Gasteiger partial charge in [-0.2, -0.15) is 0 Å². The number of nitrogens with one attached hydrogen (secondary N) is 2. The highest BCUT2D eigenvalue weighted by molar-refractivity contribution is 5.74. The van der Waals surface area contributed by atoms with Crippen LogP contribution in [-0.2, 0) is 4.79 Å². The van der Waals surface area contributed by atoms with E-state index in [0.29, 0.717) is 13.0 Å². The summed E-state index contributed by atoms with van der Waals surface area (Å²) in [5.74, 6) is -1.05. The lowest BCUT2D eigenvalue weighted by molar-refractivity contribution is -0.143. The summed E-state index contributed by atoms with van der Waals surface area (Å²) in [5, 5.41) is 14.8. The Morgan fingerprint density at radius 3 is 2.62 bits per heavy atom. The highest BCUT2D eigenvalue weighted by Gasteiger charge is 2.27. The molecule has 1 saturated heterocycles. The molecule has 2 atom stereocenters. The van der Waals surface area contributed by atoms with Gasteiger partial charge in [-0.3, -0.25) is 4.79 Å². The van der Waals surface area contributed by atoms with E-state index < -0.39 is 5.97 Å². The number of carbonyl (C=O) groups excluding carboxylic acids is 1. The summed E-state index contributed by atoms with van der Waals surface area (Å²) in [5.41, 5.74) is 0. The van der Waals surface area contributed by atoms with Crippen LogP contribution in [-0.4, -0.2) is 54.2 Å². The summed E-state index contributed by atoms with van der Waals surface area (Å²) in [7, 11) is 0. The van der Waals surface area contributed by atoms with Crippen molar-refractivity contribution >= 4 is 12.0 Å². The number of carbonyl (C=O) groups is 2. The van der Waals surface area contributed by atoms with Gasteiger partial charge in [-0.05, 0) is 58.2 Å². The molecule has 21 heavy (non-hydrogen) atoms. The van der Waals surface area contributed by atoms with Crippen LogP contribution in [0.3, 0.4) is 0 Å². The summed E-state index contributed by atoms with van der Waals surface area (Å²) < 4.78 is 0. The number of carboxylic acids is 1. The minimum atomic E-state index is -0.743. The summed E-state index contributed by atoms with van der Waals surface area (Å²) in [6, 6.07) is -0.161. The molecule has 2 unspecified atom stereocenters. The molecule has 3 N–H and O–H groups in total. The molecule has 2 amide bonds. The monoisotopic (exact) mass is 297 g/mol. The van der Waals surface area contributed by atoms with E-state index in [1.165, 1.54) is 25.9 Å². The molecule has 1 saturated carbocycles. The zero-order valence-electron chi connectivity index (χ0n) is 12.6. The van der Waals surface area contributed by atoms with Crippen molar-refractivity contribution in [3.05, 3.63) is 0 Å². The number of nitrogens with zero attached hydrogens (tertiary/aromatic N) is 1. The van der Waals surface area contributed by atoms with Crippen molar-refractivity contribution in [2.24, 2.45) is 5.92 Å². The molecule has 0 aromatic heterocycles. The highest BCUT2D eigenvalue weighted by Crippen LogP contribution is 2.24. The molecule has 0 bridgehead atoms. The van der Waals surface area contributed by atoms with E-state index in [2.05, 4.69) is 15.5 Å². The first-order chi connectivity index (χ1) is 10.1. The van der Waals surface area contributed by atoms with Crippen molar-refractivity contribution in [3.8, 4) is 0 Å². The fourth-order valence-corrected chi connectivity index (χ4v) is 3.29. The minimum absolute atomic E-state index is 0.00145. The SMILES string of the molecule is O=C(NCCCN1CCCC1)NC1CCCC(C(=O)O)C1. The molecule has 1 heterocycles. The van der Waals surface area contributed by atoms with E-state index in [1.807, 2.05) is 0 Å². The largest absolute Gasteiger partial charge is 0.481 e. The lowest BCUT2D eigenvalue weighted by Crippen LogP contribution is -2.45. The summed E-state index contributed by atoms with van der Waals surface area (Å²) in [6.45, 7) is 4.10. The van der Waals surface area contributed by atoms with E-state index in [-0.39, 0.29) is 18.0 Å². The minimum Gasteiger partial charge on any atom is -0.481 e. The number of aliphatic carboxylic acids is 1. The van der Waals surface area contributed by atoms with Crippen molar-refractivity contribution in [2.75, 3.05) is 26.2 Å². The quantitative estimate of drug-likeness (QED) is 0.648. The molecule has 1 aliphatic carbocycles. The number of amides is 2. The number of rotatable bonds is 6. The van der Waals surface area contributed by atoms with E-state index in [4.69, 9.17) is 5.11 Å². The second kappa shape index (κ2) is 8.22. The molecule has 2 fully saturated rings. The maximum atomic E-state index is 11.8. The zero-order valence-corrected chi connectivity index (χ0v) is 12.6. The number of carboxylic acid groups (broad SMARTS) is 1. The molecule has 0 spiro atoms. The smallest absolute Gasteiger partial charge is 0.315 e. The van der Waals surface area contributed by atoms with E-state index in [1.54, 1.807) is 0 Å². The van der Waals surface area contributed by atoms with Crippen LogP contribution >= 0.6 is 0 Å². The van der Waals surface area contributed by atoms with Crippen LogP contribution in [0.2, 0.25) is 0 Å². The summed E-state index contributed by atoms with van der Waals surface area (Å²) in [4.78, 5) is 25.2. The van der Waals surface area contributed by atoms with Crippen LogP contribution in [0.5, 0.6) is 0 Å². The van der Waals surface area contributed by atoms with Crippen molar-refractivity contribution in [1.29, 1.82) is 0 Å². The predicted molar refractivity (Wildman–Crippen MR) is 80.2 cm³/mol. The Hall–Kier alpha value is -1.30. The van der Waals surface area contributed by atoms with Gasteiger partial charge in [0.1, 0.15) is 0 Å². The predicted octanol–water partition coefficient (Wildman–Crippen LogP) is 1.41. The van der Waals surface area contributed by atoms with Gasteiger partial charge >= 0.3 is 12.0 Å². The molecule has 2 aliphatic rings. The molecular formula is C15H27N3O3. The van der Waals surface area contributed by atoms with Crippen LogP contribution in [0.4, 0.5) is 4.79 Å². The van der Waals surface area contributed by atoms with Gasteiger partial charge in [0.15, 0.2) is 0 Å². The first-order valence-electron chi connectivity index (χ1n) is 8.14. The Bertz CT molecular complexity index is 356. The maximum absolute atomic E-state index is 11.8. The number of likely N-dealkylation sites (tertiary alicyclic amines) is 1. The average Bonchev–Trinajstić information content (AvgIpc) is 2.97. The second-order valence-electron chi connectivity index (χ2n) is 6.20. The van der Waals surface area contributed by atoms with Crippen LogP contribution in [0.1, 0.15) is 44.9 Å². The van der Waals surface area contributed by atoms with Crippen molar-refractivity contribution in [3.63, 3.8) is 0 Å². The standard InChI is InChI=1S/C15H27N3O3/c19-14(20)12-5-3-6-13(11-12)17-15(21)16-7-4-10-18-8-1-2-9-18/h12-13H,1-11H2,(H,19,20)(H2,16,17,21). The van der Waals surface area contributed by atoms with E-state index >= 15 is 0 Å². The van der Waals surface area contributed by atoms with Gasteiger partial charge in [0.2, 0.25) is 0 Å². The number of hydrogen-bond donors (Lipinski definition) is 3. The molecule has 120 valence electrons. The fourth-order valence-electron chi connectivity index (χ4n) is 3.29. The third-order valence-electron chi connectivity index (χ3n) is 4.49. The Morgan fingerprint density at radius 2 is 1.90 bits per heavy atom. The Labute approximate surface area is 126 Å². The fraction of sp³-hybridized carbons (Fsp3) is 0.867. The second-order valence-corrected chi connectivity index (χ2v) is 6.20. The molecule has 0 aromatic rings. The lowest BCUT2D eigenvalue weighted by atomic mass is 9.86. The number of urea groups is 1. The van der Waals surface area contributed by atoms with Gasteiger partial charge < -0.3 is 20.6 Å². The summed E-state index contributed by atoms with van der Waals surface area (Å²) in [6.07, 6.45) is 6.58. The van der Waals surface area contributed by atoms with E-state index in [0.717, 1.165) is 32.2 Å².